The zero-order chi connectivity index (χ0) is 24.8. The zero-order valence-electron chi connectivity index (χ0n) is 20.1. The van der Waals surface area contributed by atoms with Gasteiger partial charge in [0.1, 0.15) is 0 Å². The van der Waals surface area contributed by atoms with Crippen molar-refractivity contribution in [1.82, 2.24) is 9.21 Å². The van der Waals surface area contributed by atoms with Crippen molar-refractivity contribution in [2.75, 3.05) is 31.5 Å². The summed E-state index contributed by atoms with van der Waals surface area (Å²) >= 11 is 0. The molecule has 35 heavy (non-hydrogen) atoms. The molecule has 1 amide bonds. The van der Waals surface area contributed by atoms with Crippen molar-refractivity contribution in [3.05, 3.63) is 102 Å². The predicted molar refractivity (Wildman–Crippen MR) is 137 cm³/mol. The molecule has 1 atom stereocenters. The van der Waals surface area contributed by atoms with E-state index in [1.165, 1.54) is 22.7 Å². The van der Waals surface area contributed by atoms with Gasteiger partial charge in [-0.15, -0.1) is 0 Å². The zero-order valence-corrected chi connectivity index (χ0v) is 20.9. The van der Waals surface area contributed by atoms with Gasteiger partial charge in [-0.25, -0.2) is 0 Å². The Morgan fingerprint density at radius 2 is 1.51 bits per heavy atom. The summed E-state index contributed by atoms with van der Waals surface area (Å²) in [5.74, 6) is -0.0764. The average Bonchev–Trinajstić information content (AvgIpc) is 3.36. The lowest BCUT2D eigenvalue weighted by Crippen LogP contribution is -2.39. The first-order chi connectivity index (χ1) is 16.8. The molecule has 1 saturated heterocycles. The largest absolute Gasteiger partial charge is 0.372 e. The van der Waals surface area contributed by atoms with Crippen LogP contribution in [0.25, 0.3) is 0 Å². The van der Waals surface area contributed by atoms with E-state index in [4.69, 9.17) is 4.74 Å². The van der Waals surface area contributed by atoms with Crippen molar-refractivity contribution in [1.29, 1.82) is 0 Å². The molecule has 0 aromatic heterocycles. The van der Waals surface area contributed by atoms with Gasteiger partial charge in [0, 0.05) is 32.7 Å². The van der Waals surface area contributed by atoms with Gasteiger partial charge in [0.15, 0.2) is 0 Å². The molecular formula is C27H31N3O4S. The predicted octanol–water partition coefficient (Wildman–Crippen LogP) is 3.93. The second-order valence-electron chi connectivity index (χ2n) is 8.79. The molecule has 0 spiro atoms. The molecule has 1 heterocycles. The maximum Gasteiger partial charge on any atom is 0.303 e. The molecule has 0 bridgehead atoms. The molecular weight excluding hydrogens is 462 g/mol. The van der Waals surface area contributed by atoms with Crippen LogP contribution in [0.5, 0.6) is 0 Å². The van der Waals surface area contributed by atoms with Gasteiger partial charge in [-0.2, -0.15) is 12.7 Å². The monoisotopic (exact) mass is 493 g/mol. The molecule has 1 fully saturated rings. The highest BCUT2D eigenvalue weighted by atomic mass is 32.2. The van der Waals surface area contributed by atoms with Crippen molar-refractivity contribution in [3.8, 4) is 0 Å². The number of hydrogen-bond acceptors (Lipinski definition) is 4. The summed E-state index contributed by atoms with van der Waals surface area (Å²) in [6.45, 7) is 1.90. The lowest BCUT2D eigenvalue weighted by atomic mass is 10.1. The minimum absolute atomic E-state index is 0.00466. The number of ether oxygens (including phenoxy) is 1. The molecule has 3 aromatic rings. The first kappa shape index (κ1) is 24.9. The first-order valence-corrected chi connectivity index (χ1v) is 13.0. The quantitative estimate of drug-likeness (QED) is 0.453. The van der Waals surface area contributed by atoms with Crippen molar-refractivity contribution in [2.24, 2.45) is 0 Å². The third-order valence-electron chi connectivity index (χ3n) is 6.07. The number of benzene rings is 3. The maximum atomic E-state index is 13.1. The number of nitrogens with zero attached hydrogens (tertiary/aromatic N) is 3. The van der Waals surface area contributed by atoms with Crippen LogP contribution >= 0.6 is 0 Å². The third kappa shape index (κ3) is 6.08. The van der Waals surface area contributed by atoms with Crippen LogP contribution in [0.3, 0.4) is 0 Å². The summed E-state index contributed by atoms with van der Waals surface area (Å²) in [5, 5.41) is 0. The standard InChI is InChI=1S/C27H31N3O4S/c1-28(2)35(32,33)30(19-22-9-5-3-6-10-22)25-15-13-24(14-16-25)27(31)29-18-17-26(20-29)34-21-23-11-7-4-8-12-23/h3-16,26H,17-21H2,1-2H3. The van der Waals surface area contributed by atoms with Crippen LogP contribution in [-0.4, -0.2) is 56.8 Å². The molecule has 1 aliphatic rings. The van der Waals surface area contributed by atoms with Crippen molar-refractivity contribution >= 4 is 21.8 Å². The summed E-state index contributed by atoms with van der Waals surface area (Å²) in [7, 11) is -0.703. The summed E-state index contributed by atoms with van der Waals surface area (Å²) < 4.78 is 34.6. The molecule has 1 unspecified atom stereocenters. The average molecular weight is 494 g/mol. The summed E-state index contributed by atoms with van der Waals surface area (Å²) in [4.78, 5) is 14.9. The van der Waals surface area contributed by atoms with Gasteiger partial charge in [0.05, 0.1) is 24.9 Å². The van der Waals surface area contributed by atoms with Crippen LogP contribution in [0.1, 0.15) is 27.9 Å². The number of hydrogen-bond donors (Lipinski definition) is 0. The van der Waals surface area contributed by atoms with Gasteiger partial charge in [-0.3, -0.25) is 9.10 Å². The lowest BCUT2D eigenvalue weighted by Gasteiger charge is -2.27. The van der Waals surface area contributed by atoms with Gasteiger partial charge in [0.2, 0.25) is 0 Å². The molecule has 0 saturated carbocycles. The van der Waals surface area contributed by atoms with E-state index in [0.717, 1.165) is 17.5 Å². The molecule has 0 N–H and O–H groups in total. The summed E-state index contributed by atoms with van der Waals surface area (Å²) in [5.41, 5.74) is 3.02. The van der Waals surface area contributed by atoms with E-state index in [2.05, 4.69) is 0 Å². The van der Waals surface area contributed by atoms with Crippen LogP contribution in [0, 0.1) is 0 Å². The molecule has 4 rings (SSSR count). The Kier molecular flexibility index (Phi) is 7.85. The number of anilines is 1. The van der Waals surface area contributed by atoms with E-state index in [0.29, 0.717) is 30.9 Å². The van der Waals surface area contributed by atoms with Gasteiger partial charge in [0.25, 0.3) is 5.91 Å². The Morgan fingerprint density at radius 3 is 2.11 bits per heavy atom. The molecule has 0 aliphatic carbocycles. The topological polar surface area (TPSA) is 70.2 Å². The van der Waals surface area contributed by atoms with Crippen LogP contribution in [0.4, 0.5) is 5.69 Å². The number of amides is 1. The Balaban J connectivity index is 1.43. The minimum atomic E-state index is -3.72. The fraction of sp³-hybridized carbons (Fsp3) is 0.296. The highest BCUT2D eigenvalue weighted by molar-refractivity contribution is 7.90. The second kappa shape index (κ2) is 11.0. The van der Waals surface area contributed by atoms with Crippen molar-refractivity contribution < 1.29 is 17.9 Å². The van der Waals surface area contributed by atoms with E-state index in [1.807, 2.05) is 60.7 Å². The van der Waals surface area contributed by atoms with E-state index in [-0.39, 0.29) is 18.6 Å². The Bertz CT molecular complexity index is 1220. The highest BCUT2D eigenvalue weighted by Crippen LogP contribution is 2.24. The smallest absolute Gasteiger partial charge is 0.303 e. The van der Waals surface area contributed by atoms with E-state index in [1.54, 1.807) is 29.2 Å². The minimum Gasteiger partial charge on any atom is -0.372 e. The van der Waals surface area contributed by atoms with Gasteiger partial charge >= 0.3 is 10.2 Å². The summed E-state index contributed by atoms with van der Waals surface area (Å²) in [6.07, 6.45) is 0.799. The lowest BCUT2D eigenvalue weighted by molar-refractivity contribution is 0.0437. The Labute approximate surface area is 207 Å². The molecule has 184 valence electrons. The molecule has 0 radical (unpaired) electrons. The Hall–Kier alpha value is -3.20. The number of likely N-dealkylation sites (tertiary alicyclic amines) is 1. The summed E-state index contributed by atoms with van der Waals surface area (Å²) in [6, 6.07) is 26.2. The van der Waals surface area contributed by atoms with Crippen LogP contribution < -0.4 is 4.31 Å². The molecule has 1 aliphatic heterocycles. The molecule has 7 nitrogen and oxygen atoms in total. The van der Waals surface area contributed by atoms with Crippen LogP contribution in [0.2, 0.25) is 0 Å². The van der Waals surface area contributed by atoms with E-state index < -0.39 is 10.2 Å². The third-order valence-corrected chi connectivity index (χ3v) is 7.89. The van der Waals surface area contributed by atoms with E-state index >= 15 is 0 Å². The second-order valence-corrected chi connectivity index (χ2v) is 10.9. The highest BCUT2D eigenvalue weighted by Gasteiger charge is 2.29. The number of rotatable bonds is 9. The van der Waals surface area contributed by atoms with E-state index in [9.17, 15) is 13.2 Å². The van der Waals surface area contributed by atoms with Crippen molar-refractivity contribution in [3.63, 3.8) is 0 Å². The first-order valence-electron chi connectivity index (χ1n) is 11.6. The fourth-order valence-electron chi connectivity index (χ4n) is 4.04. The SMILES string of the molecule is CN(C)S(=O)(=O)N(Cc1ccccc1)c1ccc(C(=O)N2CCC(OCc3ccccc3)C2)cc1. The number of carbonyl (C=O) groups excluding carboxylic acids is 1. The van der Waals surface area contributed by atoms with Crippen molar-refractivity contribution in [2.45, 2.75) is 25.7 Å². The van der Waals surface area contributed by atoms with Crippen LogP contribution in [0.15, 0.2) is 84.9 Å². The van der Waals surface area contributed by atoms with Crippen LogP contribution in [-0.2, 0) is 28.1 Å². The van der Waals surface area contributed by atoms with Gasteiger partial charge in [-0.1, -0.05) is 60.7 Å². The Morgan fingerprint density at radius 1 is 0.914 bits per heavy atom. The van der Waals surface area contributed by atoms with Gasteiger partial charge in [-0.05, 0) is 41.8 Å². The normalized spacial score (nSPS) is 16.0. The maximum absolute atomic E-state index is 13.1. The number of carbonyl (C=O) groups is 1. The molecule has 8 heteroatoms. The van der Waals surface area contributed by atoms with Gasteiger partial charge < -0.3 is 9.64 Å². The fourth-order valence-corrected chi connectivity index (χ4v) is 5.14. The molecule has 3 aromatic carbocycles.